The van der Waals surface area contributed by atoms with E-state index < -0.39 is 5.54 Å². The Morgan fingerprint density at radius 2 is 1.63 bits per heavy atom. The molecular weight excluding hydrogens is 334 g/mol. The Balaban J connectivity index is 2.01. The molecule has 0 radical (unpaired) electrons. The Bertz CT molecular complexity index is 803. The van der Waals surface area contributed by atoms with Crippen LogP contribution in [0.3, 0.4) is 0 Å². The number of ketones is 1. The number of likely N-dealkylation sites (N-methyl/N-ethyl adjacent to an activating group) is 3. The summed E-state index contributed by atoms with van der Waals surface area (Å²) in [5.74, 6) is 0.197. The van der Waals surface area contributed by atoms with Crippen LogP contribution in [0.15, 0.2) is 48.5 Å². The predicted molar refractivity (Wildman–Crippen MR) is 114 cm³/mol. The molecule has 2 aromatic rings. The molecule has 0 aliphatic carbocycles. The number of hydrogen-bond acceptors (Lipinski definition) is 4. The van der Waals surface area contributed by atoms with E-state index in [-0.39, 0.29) is 5.78 Å². The molecule has 0 bridgehead atoms. The summed E-state index contributed by atoms with van der Waals surface area (Å²) in [6.45, 7) is 4.08. The average Bonchev–Trinajstić information content (AvgIpc) is 2.69. The molecular formula is C23H31N3O. The van der Waals surface area contributed by atoms with Gasteiger partial charge in [-0.05, 0) is 50.7 Å². The molecule has 3 rings (SSSR count). The van der Waals surface area contributed by atoms with Gasteiger partial charge in [-0.15, -0.1) is 0 Å². The number of hydrogen-bond donors (Lipinski definition) is 0. The molecule has 0 spiro atoms. The molecule has 4 nitrogen and oxygen atoms in total. The zero-order chi connectivity index (χ0) is 19.6. The van der Waals surface area contributed by atoms with Crippen LogP contribution >= 0.6 is 0 Å². The molecule has 27 heavy (non-hydrogen) atoms. The van der Waals surface area contributed by atoms with E-state index >= 15 is 0 Å². The Labute approximate surface area is 163 Å². The smallest absolute Gasteiger partial charge is 0.183 e. The van der Waals surface area contributed by atoms with Gasteiger partial charge < -0.3 is 9.80 Å². The van der Waals surface area contributed by atoms with Gasteiger partial charge in [0.2, 0.25) is 0 Å². The first-order chi connectivity index (χ1) is 12.9. The largest absolute Gasteiger partial charge is 0.371 e. The molecule has 0 saturated heterocycles. The molecule has 0 fully saturated rings. The first-order valence-electron chi connectivity index (χ1n) is 9.71. The molecule has 1 heterocycles. The van der Waals surface area contributed by atoms with Crippen molar-refractivity contribution in [3.05, 3.63) is 59.7 Å². The van der Waals surface area contributed by atoms with Crippen molar-refractivity contribution >= 4 is 17.2 Å². The fourth-order valence-corrected chi connectivity index (χ4v) is 4.08. The van der Waals surface area contributed by atoms with E-state index in [1.165, 1.54) is 11.3 Å². The van der Waals surface area contributed by atoms with Crippen molar-refractivity contribution in [1.29, 1.82) is 0 Å². The van der Waals surface area contributed by atoms with Gasteiger partial charge in [-0.1, -0.05) is 37.3 Å². The number of rotatable bonds is 6. The monoisotopic (exact) mass is 365 g/mol. The van der Waals surface area contributed by atoms with Crippen LogP contribution in [0, 0.1) is 0 Å². The highest BCUT2D eigenvalue weighted by molar-refractivity contribution is 6.05. The van der Waals surface area contributed by atoms with E-state index in [0.717, 1.165) is 30.8 Å². The van der Waals surface area contributed by atoms with E-state index in [2.05, 4.69) is 60.0 Å². The predicted octanol–water partition coefficient (Wildman–Crippen LogP) is 3.71. The lowest BCUT2D eigenvalue weighted by molar-refractivity contribution is 0.0666. The highest BCUT2D eigenvalue weighted by atomic mass is 16.1. The Kier molecular flexibility index (Phi) is 5.56. The first-order valence-corrected chi connectivity index (χ1v) is 9.71. The number of Topliss-reactive ketones (excluding diaryl/α,β-unsaturated/α-hetero) is 1. The molecule has 1 aliphatic heterocycles. The third-order valence-electron chi connectivity index (χ3n) is 6.03. The highest BCUT2D eigenvalue weighted by Gasteiger charge is 2.40. The van der Waals surface area contributed by atoms with Crippen LogP contribution in [0.4, 0.5) is 11.4 Å². The summed E-state index contributed by atoms with van der Waals surface area (Å²) in [4.78, 5) is 20.3. The number of carbonyl (C=O) groups is 1. The maximum absolute atomic E-state index is 13.7. The van der Waals surface area contributed by atoms with Crippen molar-refractivity contribution in [3.63, 3.8) is 0 Å². The second-order valence-corrected chi connectivity index (χ2v) is 7.82. The minimum absolute atomic E-state index is 0.197. The summed E-state index contributed by atoms with van der Waals surface area (Å²) in [7, 11) is 8.24. The minimum atomic E-state index is -0.547. The van der Waals surface area contributed by atoms with Crippen LogP contribution in [-0.4, -0.2) is 57.5 Å². The zero-order valence-corrected chi connectivity index (χ0v) is 17.2. The molecule has 0 amide bonds. The summed E-state index contributed by atoms with van der Waals surface area (Å²) in [5.41, 5.74) is 3.77. The lowest BCUT2D eigenvalue weighted by atomic mass is 9.80. The van der Waals surface area contributed by atoms with Gasteiger partial charge in [0.1, 0.15) is 0 Å². The van der Waals surface area contributed by atoms with Crippen molar-refractivity contribution < 1.29 is 4.79 Å². The molecule has 2 aromatic carbocycles. The molecule has 1 unspecified atom stereocenters. The van der Waals surface area contributed by atoms with Crippen LogP contribution in [0.5, 0.6) is 0 Å². The van der Waals surface area contributed by atoms with E-state index in [9.17, 15) is 4.79 Å². The number of benzene rings is 2. The summed E-state index contributed by atoms with van der Waals surface area (Å²) in [5, 5.41) is 0. The van der Waals surface area contributed by atoms with Gasteiger partial charge in [0.15, 0.2) is 5.78 Å². The highest BCUT2D eigenvalue weighted by Crippen LogP contribution is 2.35. The molecule has 0 aromatic heterocycles. The molecule has 0 saturated carbocycles. The second kappa shape index (κ2) is 7.73. The van der Waals surface area contributed by atoms with Crippen molar-refractivity contribution in [1.82, 2.24) is 4.90 Å². The molecule has 144 valence electrons. The standard InChI is InChI=1S/C23H31N3O/c1-6-23(24(2)3,17-18-10-8-7-9-11-18)22(27)19-12-13-20-21(16-19)26(5)15-14-25(20)4/h7-13,16H,6,14-15,17H2,1-5H3. The normalized spacial score (nSPS) is 16.2. The Morgan fingerprint density at radius 3 is 2.22 bits per heavy atom. The molecule has 1 aliphatic rings. The third kappa shape index (κ3) is 3.59. The van der Waals surface area contributed by atoms with E-state index in [1.807, 2.05) is 38.4 Å². The quantitative estimate of drug-likeness (QED) is 0.729. The van der Waals surface area contributed by atoms with Crippen LogP contribution in [0.1, 0.15) is 29.3 Å². The van der Waals surface area contributed by atoms with Gasteiger partial charge in [0.25, 0.3) is 0 Å². The number of fused-ring (bicyclic) bond motifs is 1. The van der Waals surface area contributed by atoms with Gasteiger partial charge in [0.05, 0.1) is 16.9 Å². The average molecular weight is 366 g/mol. The maximum atomic E-state index is 13.7. The molecule has 0 N–H and O–H groups in total. The van der Waals surface area contributed by atoms with E-state index in [0.29, 0.717) is 6.42 Å². The van der Waals surface area contributed by atoms with Crippen molar-refractivity contribution in [2.75, 3.05) is 51.1 Å². The van der Waals surface area contributed by atoms with Crippen molar-refractivity contribution in [3.8, 4) is 0 Å². The number of anilines is 2. The van der Waals surface area contributed by atoms with Gasteiger partial charge in [-0.3, -0.25) is 9.69 Å². The van der Waals surface area contributed by atoms with Gasteiger partial charge in [-0.25, -0.2) is 0 Å². The lowest BCUT2D eigenvalue weighted by Gasteiger charge is -2.39. The van der Waals surface area contributed by atoms with E-state index in [1.54, 1.807) is 0 Å². The lowest BCUT2D eigenvalue weighted by Crippen LogP contribution is -2.52. The van der Waals surface area contributed by atoms with Crippen LogP contribution in [0.2, 0.25) is 0 Å². The van der Waals surface area contributed by atoms with Gasteiger partial charge in [-0.2, -0.15) is 0 Å². The number of nitrogens with zero attached hydrogens (tertiary/aromatic N) is 3. The van der Waals surface area contributed by atoms with Crippen LogP contribution < -0.4 is 9.80 Å². The summed E-state index contributed by atoms with van der Waals surface area (Å²) in [6.07, 6.45) is 1.48. The van der Waals surface area contributed by atoms with Crippen molar-refractivity contribution in [2.45, 2.75) is 25.3 Å². The Morgan fingerprint density at radius 1 is 1.00 bits per heavy atom. The Hall–Kier alpha value is -2.33. The summed E-state index contributed by atoms with van der Waals surface area (Å²) in [6, 6.07) is 16.5. The van der Waals surface area contributed by atoms with Crippen LogP contribution in [0.25, 0.3) is 0 Å². The summed E-state index contributed by atoms with van der Waals surface area (Å²) >= 11 is 0. The van der Waals surface area contributed by atoms with Gasteiger partial charge >= 0.3 is 0 Å². The maximum Gasteiger partial charge on any atom is 0.183 e. The van der Waals surface area contributed by atoms with E-state index in [4.69, 9.17) is 0 Å². The minimum Gasteiger partial charge on any atom is -0.371 e. The van der Waals surface area contributed by atoms with Crippen LogP contribution in [-0.2, 0) is 6.42 Å². The summed E-state index contributed by atoms with van der Waals surface area (Å²) < 4.78 is 0. The molecule has 1 atom stereocenters. The fourth-order valence-electron chi connectivity index (χ4n) is 4.08. The van der Waals surface area contributed by atoms with Crippen molar-refractivity contribution in [2.24, 2.45) is 0 Å². The third-order valence-corrected chi connectivity index (χ3v) is 6.03. The fraction of sp³-hybridized carbons (Fsp3) is 0.435. The topological polar surface area (TPSA) is 26.8 Å². The zero-order valence-electron chi connectivity index (χ0n) is 17.2. The first kappa shape index (κ1) is 19.4. The SMILES string of the molecule is CCC(Cc1ccccc1)(C(=O)c1ccc2c(c1)N(C)CCN2C)N(C)C. The van der Waals surface area contributed by atoms with Gasteiger partial charge in [0, 0.05) is 32.7 Å². The molecule has 4 heteroatoms. The second-order valence-electron chi connectivity index (χ2n) is 7.82. The number of carbonyl (C=O) groups excluding carboxylic acids is 1.